The van der Waals surface area contributed by atoms with Crippen LogP contribution in [-0.2, 0) is 0 Å². The molecule has 0 aliphatic heterocycles. The third-order valence-electron chi connectivity index (χ3n) is 2.83. The Labute approximate surface area is 129 Å². The first kappa shape index (κ1) is 17.8. The molecule has 0 bridgehead atoms. The van der Waals surface area contributed by atoms with Crippen molar-refractivity contribution >= 4 is 5.91 Å². The number of carbonyl (C=O) groups excluding carboxylic acids is 1. The number of amides is 1. The molecule has 2 rings (SSSR count). The average Bonchev–Trinajstić information content (AvgIpc) is 2.55. The second-order valence-electron chi connectivity index (χ2n) is 4.22. The smallest absolute Gasteiger partial charge is 0.254 e. The van der Waals surface area contributed by atoms with Gasteiger partial charge in [0, 0.05) is 18.7 Å². The molecule has 0 heterocycles. The zero-order valence-electron chi connectivity index (χ0n) is 12.7. The molecule has 0 atom stereocenters. The van der Waals surface area contributed by atoms with E-state index in [0.29, 0.717) is 11.1 Å². The van der Waals surface area contributed by atoms with Crippen LogP contribution in [0.5, 0.6) is 0 Å². The molecule has 0 spiro atoms. The van der Waals surface area contributed by atoms with Crippen LogP contribution in [0.1, 0.15) is 24.2 Å². The van der Waals surface area contributed by atoms with Gasteiger partial charge in [-0.3, -0.25) is 4.79 Å². The summed E-state index contributed by atoms with van der Waals surface area (Å²) < 4.78 is 27.4. The normalized spacial score (nSPS) is 9.68. The summed E-state index contributed by atoms with van der Waals surface area (Å²) in [5.41, 5.74) is 5.92. The zero-order chi connectivity index (χ0) is 16.5. The van der Waals surface area contributed by atoms with Crippen molar-refractivity contribution in [3.8, 4) is 11.1 Å². The molecule has 0 radical (unpaired) electrons. The highest BCUT2D eigenvalue weighted by molar-refractivity contribution is 5.95. The van der Waals surface area contributed by atoms with E-state index in [9.17, 15) is 13.6 Å². The summed E-state index contributed by atoms with van der Waals surface area (Å²) in [6, 6.07) is 10.1. The maximum atomic E-state index is 13.7. The maximum Gasteiger partial charge on any atom is 0.254 e. The van der Waals surface area contributed by atoms with Gasteiger partial charge in [0.1, 0.15) is 11.6 Å². The van der Waals surface area contributed by atoms with Crippen LogP contribution in [0.4, 0.5) is 8.78 Å². The molecule has 0 fully saturated rings. The van der Waals surface area contributed by atoms with Gasteiger partial charge in [0.05, 0.1) is 5.56 Å². The largest absolute Gasteiger partial charge is 0.351 e. The molecule has 0 aliphatic carbocycles. The predicted molar refractivity (Wildman–Crippen MR) is 84.5 cm³/mol. The molecule has 1 amide bonds. The lowest BCUT2D eigenvalue weighted by molar-refractivity contribution is 0.0951. The Morgan fingerprint density at radius 1 is 1.09 bits per heavy atom. The van der Waals surface area contributed by atoms with Crippen LogP contribution in [0.15, 0.2) is 42.5 Å². The van der Waals surface area contributed by atoms with Crippen molar-refractivity contribution in [1.82, 2.24) is 5.32 Å². The van der Waals surface area contributed by atoms with E-state index in [1.807, 2.05) is 13.8 Å². The first-order valence-electron chi connectivity index (χ1n) is 7.16. The lowest BCUT2D eigenvalue weighted by Crippen LogP contribution is -2.29. The van der Waals surface area contributed by atoms with Gasteiger partial charge in [-0.1, -0.05) is 38.1 Å². The topological polar surface area (TPSA) is 55.1 Å². The number of benzene rings is 2. The van der Waals surface area contributed by atoms with Crippen molar-refractivity contribution in [2.75, 3.05) is 13.1 Å². The highest BCUT2D eigenvalue weighted by atomic mass is 19.1. The standard InChI is InChI=1S/C15H14F2N2O.C2H6/c16-13-4-2-1-3-11(13)10-5-6-14(17)12(9-10)15(20)19-8-7-18;1-2/h1-6,9H,7-8,18H2,(H,19,20);1-2H3. The number of halogens is 2. The van der Waals surface area contributed by atoms with Crippen molar-refractivity contribution < 1.29 is 13.6 Å². The van der Waals surface area contributed by atoms with Crippen LogP contribution < -0.4 is 11.1 Å². The van der Waals surface area contributed by atoms with E-state index in [1.165, 1.54) is 18.2 Å². The lowest BCUT2D eigenvalue weighted by atomic mass is 10.0. The minimum Gasteiger partial charge on any atom is -0.351 e. The van der Waals surface area contributed by atoms with E-state index in [4.69, 9.17) is 5.73 Å². The SMILES string of the molecule is CC.NCCNC(=O)c1cc(-c2ccccc2F)ccc1F. The highest BCUT2D eigenvalue weighted by Crippen LogP contribution is 2.24. The second-order valence-corrected chi connectivity index (χ2v) is 4.22. The van der Waals surface area contributed by atoms with Crippen LogP contribution in [0, 0.1) is 11.6 Å². The monoisotopic (exact) mass is 306 g/mol. The summed E-state index contributed by atoms with van der Waals surface area (Å²) in [4.78, 5) is 11.8. The fourth-order valence-corrected chi connectivity index (χ4v) is 1.84. The van der Waals surface area contributed by atoms with Crippen molar-refractivity contribution in [3.63, 3.8) is 0 Å². The van der Waals surface area contributed by atoms with Gasteiger partial charge in [0.15, 0.2) is 0 Å². The summed E-state index contributed by atoms with van der Waals surface area (Å²) in [5, 5.41) is 2.49. The summed E-state index contributed by atoms with van der Waals surface area (Å²) in [5.74, 6) is -1.64. The average molecular weight is 306 g/mol. The van der Waals surface area contributed by atoms with E-state index in [1.54, 1.807) is 18.2 Å². The fraction of sp³-hybridized carbons (Fsp3) is 0.235. The van der Waals surface area contributed by atoms with Crippen LogP contribution in [0.25, 0.3) is 11.1 Å². The Balaban J connectivity index is 0.00000116. The first-order valence-corrected chi connectivity index (χ1v) is 7.16. The molecule has 22 heavy (non-hydrogen) atoms. The molecule has 5 heteroatoms. The van der Waals surface area contributed by atoms with Gasteiger partial charge < -0.3 is 11.1 Å². The number of nitrogens with two attached hydrogens (primary N) is 1. The van der Waals surface area contributed by atoms with Gasteiger partial charge in [-0.05, 0) is 23.8 Å². The van der Waals surface area contributed by atoms with Crippen molar-refractivity contribution in [3.05, 3.63) is 59.7 Å². The number of nitrogens with one attached hydrogen (secondary N) is 1. The highest BCUT2D eigenvalue weighted by Gasteiger charge is 2.13. The minimum atomic E-state index is -0.653. The Morgan fingerprint density at radius 3 is 2.41 bits per heavy atom. The molecular weight excluding hydrogens is 286 g/mol. The summed E-state index contributed by atoms with van der Waals surface area (Å²) in [6.45, 7) is 4.52. The predicted octanol–water partition coefficient (Wildman–Crippen LogP) is 3.35. The molecule has 0 saturated carbocycles. The van der Waals surface area contributed by atoms with E-state index >= 15 is 0 Å². The number of hydrogen-bond donors (Lipinski definition) is 2. The van der Waals surface area contributed by atoms with E-state index in [0.717, 1.165) is 6.07 Å². The zero-order valence-corrected chi connectivity index (χ0v) is 12.7. The van der Waals surface area contributed by atoms with Gasteiger partial charge >= 0.3 is 0 Å². The van der Waals surface area contributed by atoms with Crippen LogP contribution in [0.2, 0.25) is 0 Å². The molecule has 0 saturated heterocycles. The quantitative estimate of drug-likeness (QED) is 0.910. The summed E-state index contributed by atoms with van der Waals surface area (Å²) >= 11 is 0. The molecule has 3 N–H and O–H groups in total. The molecule has 0 aliphatic rings. The van der Waals surface area contributed by atoms with E-state index < -0.39 is 17.5 Å². The van der Waals surface area contributed by atoms with Gasteiger partial charge in [-0.25, -0.2) is 8.78 Å². The second kappa shape index (κ2) is 8.89. The number of carbonyl (C=O) groups is 1. The van der Waals surface area contributed by atoms with Crippen LogP contribution >= 0.6 is 0 Å². The molecule has 0 unspecified atom stereocenters. The number of hydrogen-bond acceptors (Lipinski definition) is 2. The third kappa shape index (κ3) is 4.36. The molecule has 3 nitrogen and oxygen atoms in total. The van der Waals surface area contributed by atoms with E-state index in [-0.39, 0.29) is 18.7 Å². The first-order chi connectivity index (χ1) is 10.6. The molecule has 0 aromatic heterocycles. The summed E-state index contributed by atoms with van der Waals surface area (Å²) in [6.07, 6.45) is 0. The lowest BCUT2D eigenvalue weighted by Gasteiger charge is -2.08. The van der Waals surface area contributed by atoms with Crippen molar-refractivity contribution in [2.24, 2.45) is 5.73 Å². The van der Waals surface area contributed by atoms with Crippen LogP contribution in [0.3, 0.4) is 0 Å². The molecule has 118 valence electrons. The Morgan fingerprint density at radius 2 is 1.77 bits per heavy atom. The Kier molecular flexibility index (Phi) is 7.19. The molecule has 2 aromatic rings. The Hall–Kier alpha value is -2.27. The molecular formula is C17H20F2N2O. The Bertz CT molecular complexity index is 630. The van der Waals surface area contributed by atoms with Gasteiger partial charge in [0.25, 0.3) is 5.91 Å². The third-order valence-corrected chi connectivity index (χ3v) is 2.83. The maximum absolute atomic E-state index is 13.7. The fourth-order valence-electron chi connectivity index (χ4n) is 1.84. The summed E-state index contributed by atoms with van der Waals surface area (Å²) in [7, 11) is 0. The van der Waals surface area contributed by atoms with Crippen molar-refractivity contribution in [1.29, 1.82) is 0 Å². The van der Waals surface area contributed by atoms with E-state index in [2.05, 4.69) is 5.32 Å². The molecule has 2 aromatic carbocycles. The van der Waals surface area contributed by atoms with Crippen molar-refractivity contribution in [2.45, 2.75) is 13.8 Å². The number of rotatable bonds is 4. The minimum absolute atomic E-state index is 0.126. The van der Waals surface area contributed by atoms with Gasteiger partial charge in [0.2, 0.25) is 0 Å². The van der Waals surface area contributed by atoms with Gasteiger partial charge in [-0.15, -0.1) is 0 Å². The van der Waals surface area contributed by atoms with Crippen LogP contribution in [-0.4, -0.2) is 19.0 Å². The van der Waals surface area contributed by atoms with Gasteiger partial charge in [-0.2, -0.15) is 0 Å².